The second kappa shape index (κ2) is 10.4. The molecule has 26 heavy (non-hydrogen) atoms. The van der Waals surface area contributed by atoms with Gasteiger partial charge in [-0.3, -0.25) is 4.79 Å². The first-order valence-corrected chi connectivity index (χ1v) is 8.84. The normalized spacial score (nSPS) is 11.7. The van der Waals surface area contributed by atoms with Gasteiger partial charge in [-0.25, -0.2) is 9.79 Å². The Labute approximate surface area is 155 Å². The fourth-order valence-electron chi connectivity index (χ4n) is 2.10. The van der Waals surface area contributed by atoms with Gasteiger partial charge in [-0.1, -0.05) is 12.1 Å². The SMILES string of the molecule is CCNC(=NCc1ccc(C(=O)OCC)cc1)NCC(=O)NC(C)(C)C. The molecule has 0 aliphatic carbocycles. The predicted octanol–water partition coefficient (Wildman–Crippen LogP) is 1.83. The lowest BCUT2D eigenvalue weighted by Gasteiger charge is -2.21. The molecule has 0 heterocycles. The quantitative estimate of drug-likeness (QED) is 0.391. The highest BCUT2D eigenvalue weighted by Gasteiger charge is 2.13. The molecule has 144 valence electrons. The monoisotopic (exact) mass is 362 g/mol. The molecule has 7 heteroatoms. The summed E-state index contributed by atoms with van der Waals surface area (Å²) >= 11 is 0. The van der Waals surface area contributed by atoms with E-state index in [-0.39, 0.29) is 24.0 Å². The van der Waals surface area contributed by atoms with Crippen molar-refractivity contribution < 1.29 is 14.3 Å². The summed E-state index contributed by atoms with van der Waals surface area (Å²) in [4.78, 5) is 28.0. The molecule has 0 aromatic heterocycles. The summed E-state index contributed by atoms with van der Waals surface area (Å²) in [5, 5.41) is 9.00. The van der Waals surface area contributed by atoms with Crippen molar-refractivity contribution in [1.82, 2.24) is 16.0 Å². The average molecular weight is 362 g/mol. The number of guanidine groups is 1. The molecule has 0 saturated carbocycles. The molecule has 0 spiro atoms. The summed E-state index contributed by atoms with van der Waals surface area (Å²) in [6.45, 7) is 11.2. The lowest BCUT2D eigenvalue weighted by Crippen LogP contribution is -2.48. The number of nitrogens with one attached hydrogen (secondary N) is 3. The van der Waals surface area contributed by atoms with Crippen LogP contribution in [0.5, 0.6) is 0 Å². The van der Waals surface area contributed by atoms with Crippen molar-refractivity contribution in [2.24, 2.45) is 4.99 Å². The topological polar surface area (TPSA) is 91.8 Å². The number of hydrogen-bond acceptors (Lipinski definition) is 4. The standard InChI is InChI=1S/C19H30N4O3/c1-6-20-18(22-13-16(24)23-19(3,4)5)21-12-14-8-10-15(11-9-14)17(25)26-7-2/h8-11H,6-7,12-13H2,1-5H3,(H,23,24)(H2,20,21,22). The van der Waals surface area contributed by atoms with Gasteiger partial charge in [-0.2, -0.15) is 0 Å². The van der Waals surface area contributed by atoms with Gasteiger partial charge in [0, 0.05) is 12.1 Å². The van der Waals surface area contributed by atoms with Crippen LogP contribution in [0.25, 0.3) is 0 Å². The van der Waals surface area contributed by atoms with Gasteiger partial charge in [0.1, 0.15) is 0 Å². The summed E-state index contributed by atoms with van der Waals surface area (Å²) in [5.74, 6) is 0.135. The maximum Gasteiger partial charge on any atom is 0.338 e. The number of carbonyl (C=O) groups is 2. The van der Waals surface area contributed by atoms with E-state index in [1.54, 1.807) is 19.1 Å². The molecular weight excluding hydrogens is 332 g/mol. The molecule has 0 aliphatic rings. The van der Waals surface area contributed by atoms with Gasteiger partial charge in [0.05, 0.1) is 25.3 Å². The Morgan fingerprint density at radius 3 is 2.27 bits per heavy atom. The minimum atomic E-state index is -0.331. The first-order valence-electron chi connectivity index (χ1n) is 8.84. The highest BCUT2D eigenvalue weighted by atomic mass is 16.5. The number of hydrogen-bond donors (Lipinski definition) is 3. The zero-order valence-electron chi connectivity index (χ0n) is 16.3. The first-order chi connectivity index (χ1) is 12.2. The highest BCUT2D eigenvalue weighted by molar-refractivity contribution is 5.89. The Kier molecular flexibility index (Phi) is 8.61. The van der Waals surface area contributed by atoms with E-state index in [2.05, 4.69) is 20.9 Å². The number of rotatable bonds is 7. The fraction of sp³-hybridized carbons (Fsp3) is 0.526. The molecule has 0 fully saturated rings. The zero-order valence-corrected chi connectivity index (χ0v) is 16.3. The Bertz CT molecular complexity index is 619. The van der Waals surface area contributed by atoms with Crippen LogP contribution in [-0.2, 0) is 16.1 Å². The molecular formula is C19H30N4O3. The predicted molar refractivity (Wildman–Crippen MR) is 103 cm³/mol. The second-order valence-electron chi connectivity index (χ2n) is 6.76. The summed E-state index contributed by atoms with van der Waals surface area (Å²) in [6, 6.07) is 7.12. The Morgan fingerprint density at radius 2 is 1.73 bits per heavy atom. The summed E-state index contributed by atoms with van der Waals surface area (Å²) < 4.78 is 4.96. The van der Waals surface area contributed by atoms with Crippen molar-refractivity contribution in [1.29, 1.82) is 0 Å². The maximum atomic E-state index is 11.9. The highest BCUT2D eigenvalue weighted by Crippen LogP contribution is 2.07. The van der Waals surface area contributed by atoms with Gasteiger partial charge in [0.15, 0.2) is 5.96 Å². The third-order valence-electron chi connectivity index (χ3n) is 3.16. The van der Waals surface area contributed by atoms with Crippen LogP contribution in [-0.4, -0.2) is 43.1 Å². The van der Waals surface area contributed by atoms with E-state index in [1.807, 2.05) is 39.8 Å². The molecule has 0 saturated heterocycles. The Hall–Kier alpha value is -2.57. The third kappa shape index (κ3) is 8.50. The van der Waals surface area contributed by atoms with Gasteiger partial charge in [-0.05, 0) is 52.3 Å². The zero-order chi connectivity index (χ0) is 19.6. The molecule has 1 aromatic rings. The number of benzene rings is 1. The van der Waals surface area contributed by atoms with E-state index < -0.39 is 0 Å². The molecule has 1 amide bonds. The van der Waals surface area contributed by atoms with Gasteiger partial charge in [0.25, 0.3) is 0 Å². The summed E-state index contributed by atoms with van der Waals surface area (Å²) in [6.07, 6.45) is 0. The molecule has 1 rings (SSSR count). The third-order valence-corrected chi connectivity index (χ3v) is 3.16. The van der Waals surface area contributed by atoms with E-state index >= 15 is 0 Å². The Morgan fingerprint density at radius 1 is 1.08 bits per heavy atom. The number of ether oxygens (including phenoxy) is 1. The molecule has 7 nitrogen and oxygen atoms in total. The second-order valence-corrected chi connectivity index (χ2v) is 6.76. The van der Waals surface area contributed by atoms with Crippen molar-refractivity contribution in [3.05, 3.63) is 35.4 Å². The number of esters is 1. The first kappa shape index (κ1) is 21.5. The molecule has 0 bridgehead atoms. The van der Waals surface area contributed by atoms with Crippen molar-refractivity contribution in [3.63, 3.8) is 0 Å². The Balaban J connectivity index is 2.63. The van der Waals surface area contributed by atoms with Crippen LogP contribution in [0.3, 0.4) is 0 Å². The molecule has 0 atom stereocenters. The van der Waals surface area contributed by atoms with Crippen molar-refractivity contribution in [3.8, 4) is 0 Å². The summed E-state index contributed by atoms with van der Waals surface area (Å²) in [5.41, 5.74) is 1.20. The summed E-state index contributed by atoms with van der Waals surface area (Å²) in [7, 11) is 0. The van der Waals surface area contributed by atoms with Crippen LogP contribution in [0.15, 0.2) is 29.3 Å². The number of carbonyl (C=O) groups excluding carboxylic acids is 2. The van der Waals surface area contributed by atoms with Crippen LogP contribution < -0.4 is 16.0 Å². The molecule has 0 unspecified atom stereocenters. The number of nitrogens with zero attached hydrogens (tertiary/aromatic N) is 1. The van der Waals surface area contributed by atoms with Gasteiger partial charge >= 0.3 is 5.97 Å². The molecule has 0 radical (unpaired) electrons. The van der Waals surface area contributed by atoms with Gasteiger partial charge < -0.3 is 20.7 Å². The lowest BCUT2D eigenvalue weighted by atomic mass is 10.1. The minimum Gasteiger partial charge on any atom is -0.462 e. The van der Waals surface area contributed by atoms with Crippen LogP contribution in [0.1, 0.15) is 50.5 Å². The van der Waals surface area contributed by atoms with Crippen LogP contribution >= 0.6 is 0 Å². The van der Waals surface area contributed by atoms with E-state index in [1.165, 1.54) is 0 Å². The fourth-order valence-corrected chi connectivity index (χ4v) is 2.10. The van der Waals surface area contributed by atoms with Crippen molar-refractivity contribution in [2.45, 2.75) is 46.7 Å². The van der Waals surface area contributed by atoms with Gasteiger partial charge in [-0.15, -0.1) is 0 Å². The van der Waals surface area contributed by atoms with E-state index in [9.17, 15) is 9.59 Å². The molecule has 0 aliphatic heterocycles. The lowest BCUT2D eigenvalue weighted by molar-refractivity contribution is -0.121. The minimum absolute atomic E-state index is 0.0955. The van der Waals surface area contributed by atoms with E-state index in [4.69, 9.17) is 4.74 Å². The average Bonchev–Trinajstić information content (AvgIpc) is 2.56. The van der Waals surface area contributed by atoms with Crippen LogP contribution in [0.2, 0.25) is 0 Å². The van der Waals surface area contributed by atoms with E-state index in [0.29, 0.717) is 31.2 Å². The van der Waals surface area contributed by atoms with Crippen LogP contribution in [0.4, 0.5) is 0 Å². The smallest absolute Gasteiger partial charge is 0.338 e. The van der Waals surface area contributed by atoms with Crippen molar-refractivity contribution in [2.75, 3.05) is 19.7 Å². The number of amides is 1. The van der Waals surface area contributed by atoms with Gasteiger partial charge in [0.2, 0.25) is 5.91 Å². The maximum absolute atomic E-state index is 11.9. The van der Waals surface area contributed by atoms with Crippen molar-refractivity contribution >= 4 is 17.8 Å². The largest absolute Gasteiger partial charge is 0.462 e. The number of aliphatic imine (C=N–C) groups is 1. The van der Waals surface area contributed by atoms with E-state index in [0.717, 1.165) is 5.56 Å². The molecule has 3 N–H and O–H groups in total. The van der Waals surface area contributed by atoms with Crippen LogP contribution in [0, 0.1) is 0 Å². The molecule has 1 aromatic carbocycles.